The Bertz CT molecular complexity index is 458. The third-order valence-corrected chi connectivity index (χ3v) is 3.49. The maximum atomic E-state index is 12.3. The Balaban J connectivity index is 2.05. The first kappa shape index (κ1) is 14.1. The molecule has 0 unspecified atom stereocenters. The van der Waals surface area contributed by atoms with E-state index in [1.165, 1.54) is 0 Å². The van der Waals surface area contributed by atoms with Gasteiger partial charge in [-0.3, -0.25) is 10.2 Å². The molecule has 1 aliphatic heterocycles. The van der Waals surface area contributed by atoms with Crippen molar-refractivity contribution < 1.29 is 4.79 Å². The van der Waals surface area contributed by atoms with Crippen molar-refractivity contribution in [2.45, 2.75) is 0 Å². The van der Waals surface area contributed by atoms with Gasteiger partial charge in [0, 0.05) is 43.9 Å². The summed E-state index contributed by atoms with van der Waals surface area (Å²) in [5, 5.41) is 5.51. The molecule has 1 heterocycles. The number of hydrogen-bond acceptors (Lipinski definition) is 4. The molecule has 1 aromatic carbocycles. The molecule has 2 N–H and O–H groups in total. The third-order valence-electron chi connectivity index (χ3n) is 3.26. The van der Waals surface area contributed by atoms with Crippen molar-refractivity contribution in [3.63, 3.8) is 0 Å². The van der Waals surface area contributed by atoms with Crippen molar-refractivity contribution in [3.05, 3.63) is 28.8 Å². The molecule has 0 bridgehead atoms. The first-order chi connectivity index (χ1) is 9.10. The lowest BCUT2D eigenvalue weighted by molar-refractivity contribution is 0.0663. The van der Waals surface area contributed by atoms with Gasteiger partial charge in [0.1, 0.15) is 0 Å². The SMILES string of the molecule is CNc1ccc(Cl)cc1C(=O)NN1CCN(C)CC1. The summed E-state index contributed by atoms with van der Waals surface area (Å²) < 4.78 is 0. The van der Waals surface area contributed by atoms with E-state index in [9.17, 15) is 4.79 Å². The van der Waals surface area contributed by atoms with E-state index >= 15 is 0 Å². The van der Waals surface area contributed by atoms with E-state index in [-0.39, 0.29) is 5.91 Å². The molecule has 1 saturated heterocycles. The lowest BCUT2D eigenvalue weighted by Crippen LogP contribution is -2.52. The monoisotopic (exact) mass is 282 g/mol. The maximum absolute atomic E-state index is 12.3. The van der Waals surface area contributed by atoms with Gasteiger partial charge >= 0.3 is 0 Å². The highest BCUT2D eigenvalue weighted by molar-refractivity contribution is 6.31. The minimum absolute atomic E-state index is 0.128. The van der Waals surface area contributed by atoms with Crippen LogP contribution in [-0.2, 0) is 0 Å². The van der Waals surface area contributed by atoms with Crippen molar-refractivity contribution in [3.8, 4) is 0 Å². The van der Waals surface area contributed by atoms with Crippen LogP contribution in [0.4, 0.5) is 5.69 Å². The standard InChI is InChI=1S/C13H19ClN4O/c1-15-12-4-3-10(14)9-11(12)13(19)16-18-7-5-17(2)6-8-18/h3-4,9,15H,5-8H2,1-2H3,(H,16,19). The summed E-state index contributed by atoms with van der Waals surface area (Å²) in [7, 11) is 3.87. The number of piperazine rings is 1. The Morgan fingerprint density at radius 3 is 2.58 bits per heavy atom. The summed E-state index contributed by atoms with van der Waals surface area (Å²) >= 11 is 5.95. The topological polar surface area (TPSA) is 47.6 Å². The molecular weight excluding hydrogens is 264 g/mol. The van der Waals surface area contributed by atoms with Crippen LogP contribution in [0, 0.1) is 0 Å². The zero-order valence-corrected chi connectivity index (χ0v) is 12.0. The Kier molecular flexibility index (Phi) is 4.63. The van der Waals surface area contributed by atoms with Gasteiger partial charge < -0.3 is 10.2 Å². The van der Waals surface area contributed by atoms with Crippen molar-refractivity contribution in [2.24, 2.45) is 0 Å². The largest absolute Gasteiger partial charge is 0.387 e. The molecule has 0 radical (unpaired) electrons. The van der Waals surface area contributed by atoms with Gasteiger partial charge in [-0.15, -0.1) is 0 Å². The Morgan fingerprint density at radius 1 is 1.26 bits per heavy atom. The number of nitrogens with one attached hydrogen (secondary N) is 2. The molecule has 0 aromatic heterocycles. The number of rotatable bonds is 3. The lowest BCUT2D eigenvalue weighted by Gasteiger charge is -2.32. The van der Waals surface area contributed by atoms with E-state index in [1.807, 2.05) is 5.01 Å². The van der Waals surface area contributed by atoms with Crippen molar-refractivity contribution in [2.75, 3.05) is 45.6 Å². The fourth-order valence-electron chi connectivity index (χ4n) is 2.04. The lowest BCUT2D eigenvalue weighted by atomic mass is 10.1. The summed E-state index contributed by atoms with van der Waals surface area (Å²) in [4.78, 5) is 14.5. The second kappa shape index (κ2) is 6.23. The Labute approximate surface area is 118 Å². The number of anilines is 1. The van der Waals surface area contributed by atoms with Crippen molar-refractivity contribution >= 4 is 23.2 Å². The van der Waals surface area contributed by atoms with Gasteiger partial charge in [0.15, 0.2) is 0 Å². The summed E-state index contributed by atoms with van der Waals surface area (Å²) in [6.45, 7) is 3.57. The number of halogens is 1. The summed E-state index contributed by atoms with van der Waals surface area (Å²) in [6, 6.07) is 5.25. The number of carbonyl (C=O) groups excluding carboxylic acids is 1. The molecule has 0 aliphatic carbocycles. The Hall–Kier alpha value is -1.30. The highest BCUT2D eigenvalue weighted by Crippen LogP contribution is 2.20. The molecule has 0 saturated carbocycles. The molecule has 6 heteroatoms. The molecule has 1 aliphatic rings. The molecule has 1 fully saturated rings. The molecule has 2 rings (SSSR count). The molecule has 5 nitrogen and oxygen atoms in total. The van der Waals surface area contributed by atoms with Gasteiger partial charge in [0.25, 0.3) is 5.91 Å². The second-order valence-corrected chi connectivity index (χ2v) is 5.11. The predicted octanol–water partition coefficient (Wildman–Crippen LogP) is 1.27. The zero-order valence-electron chi connectivity index (χ0n) is 11.2. The molecule has 1 aromatic rings. The first-order valence-corrected chi connectivity index (χ1v) is 6.69. The minimum atomic E-state index is -0.128. The van der Waals surface area contributed by atoms with Crippen LogP contribution >= 0.6 is 11.6 Å². The minimum Gasteiger partial charge on any atom is -0.387 e. The number of carbonyl (C=O) groups is 1. The van der Waals surface area contributed by atoms with Crippen LogP contribution in [0.2, 0.25) is 5.02 Å². The first-order valence-electron chi connectivity index (χ1n) is 6.32. The molecule has 0 spiro atoms. The van der Waals surface area contributed by atoms with Crippen molar-refractivity contribution in [1.82, 2.24) is 15.3 Å². The number of nitrogens with zero attached hydrogens (tertiary/aromatic N) is 2. The summed E-state index contributed by atoms with van der Waals surface area (Å²) in [6.07, 6.45) is 0. The van der Waals surface area contributed by atoms with E-state index in [1.54, 1.807) is 25.2 Å². The maximum Gasteiger partial charge on any atom is 0.267 e. The molecule has 0 atom stereocenters. The predicted molar refractivity (Wildman–Crippen MR) is 77.5 cm³/mol. The molecular formula is C13H19ClN4O. The summed E-state index contributed by atoms with van der Waals surface area (Å²) in [5.41, 5.74) is 4.26. The van der Waals surface area contributed by atoms with Gasteiger partial charge in [-0.05, 0) is 25.2 Å². The fourth-order valence-corrected chi connectivity index (χ4v) is 2.22. The highest BCUT2D eigenvalue weighted by Gasteiger charge is 2.18. The molecule has 1 amide bonds. The quantitative estimate of drug-likeness (QED) is 0.877. The number of hydrazine groups is 1. The van der Waals surface area contributed by atoms with Crippen LogP contribution in [0.1, 0.15) is 10.4 Å². The van der Waals surface area contributed by atoms with E-state index < -0.39 is 0 Å². The van der Waals surface area contributed by atoms with Crippen LogP contribution in [-0.4, -0.2) is 56.1 Å². The van der Waals surface area contributed by atoms with Crippen LogP contribution in [0.5, 0.6) is 0 Å². The number of likely N-dealkylation sites (N-methyl/N-ethyl adjacent to an activating group) is 1. The number of benzene rings is 1. The van der Waals surface area contributed by atoms with Crippen LogP contribution in [0.25, 0.3) is 0 Å². The van der Waals surface area contributed by atoms with Crippen LogP contribution in [0.15, 0.2) is 18.2 Å². The van der Waals surface area contributed by atoms with Crippen LogP contribution in [0.3, 0.4) is 0 Å². The summed E-state index contributed by atoms with van der Waals surface area (Å²) in [5.74, 6) is -0.128. The van der Waals surface area contributed by atoms with Gasteiger partial charge in [-0.25, -0.2) is 5.01 Å². The van der Waals surface area contributed by atoms with Crippen molar-refractivity contribution in [1.29, 1.82) is 0 Å². The average Bonchev–Trinajstić information content (AvgIpc) is 2.41. The third kappa shape index (κ3) is 3.59. The molecule has 19 heavy (non-hydrogen) atoms. The average molecular weight is 283 g/mol. The Morgan fingerprint density at radius 2 is 1.95 bits per heavy atom. The van der Waals surface area contributed by atoms with Gasteiger partial charge in [-0.2, -0.15) is 0 Å². The van der Waals surface area contributed by atoms with E-state index in [4.69, 9.17) is 11.6 Å². The highest BCUT2D eigenvalue weighted by atomic mass is 35.5. The van der Waals surface area contributed by atoms with E-state index in [0.717, 1.165) is 31.9 Å². The van der Waals surface area contributed by atoms with E-state index in [2.05, 4.69) is 22.7 Å². The number of hydrogen-bond donors (Lipinski definition) is 2. The van der Waals surface area contributed by atoms with Gasteiger partial charge in [0.05, 0.1) is 5.56 Å². The zero-order chi connectivity index (χ0) is 13.8. The smallest absolute Gasteiger partial charge is 0.267 e. The molecule has 104 valence electrons. The fraction of sp³-hybridized carbons (Fsp3) is 0.462. The van der Waals surface area contributed by atoms with E-state index in [0.29, 0.717) is 10.6 Å². The van der Waals surface area contributed by atoms with Gasteiger partial charge in [-0.1, -0.05) is 11.6 Å². The number of amides is 1. The second-order valence-electron chi connectivity index (χ2n) is 4.67. The normalized spacial score (nSPS) is 17.2. The van der Waals surface area contributed by atoms with Gasteiger partial charge in [0.2, 0.25) is 0 Å². The van der Waals surface area contributed by atoms with Crippen LogP contribution < -0.4 is 10.7 Å².